The quantitative estimate of drug-likeness (QED) is 0.841. The molecule has 2 rings (SSSR count). The Kier molecular flexibility index (Phi) is 3.87. The van der Waals surface area contributed by atoms with Crippen LogP contribution in [-0.4, -0.2) is 11.0 Å². The Morgan fingerprint density at radius 1 is 1.56 bits per heavy atom. The molecular formula is C14H16BrN3. The second kappa shape index (κ2) is 5.40. The van der Waals surface area contributed by atoms with Crippen molar-refractivity contribution in [3.8, 4) is 0 Å². The van der Waals surface area contributed by atoms with E-state index in [1.807, 2.05) is 24.3 Å². The maximum atomic E-state index is 6.02. The number of anilines is 2. The molecule has 1 atom stereocenters. The van der Waals surface area contributed by atoms with E-state index in [1.54, 1.807) is 6.20 Å². The van der Waals surface area contributed by atoms with Crippen molar-refractivity contribution in [3.63, 3.8) is 0 Å². The van der Waals surface area contributed by atoms with E-state index >= 15 is 0 Å². The normalized spacial score (nSPS) is 12.3. The first-order valence-electron chi connectivity index (χ1n) is 5.83. The topological polar surface area (TPSA) is 50.9 Å². The van der Waals surface area contributed by atoms with Gasteiger partial charge in [-0.1, -0.05) is 22.0 Å². The molecule has 0 fully saturated rings. The number of nitrogens with one attached hydrogen (secondary N) is 1. The average Bonchev–Trinajstić information content (AvgIpc) is 2.33. The molecule has 0 saturated heterocycles. The van der Waals surface area contributed by atoms with Crippen molar-refractivity contribution in [1.82, 2.24) is 4.98 Å². The van der Waals surface area contributed by atoms with Crippen LogP contribution in [0.3, 0.4) is 0 Å². The molecule has 3 nitrogen and oxygen atoms in total. The Labute approximate surface area is 115 Å². The van der Waals surface area contributed by atoms with Crippen LogP contribution in [-0.2, 0) is 0 Å². The molecule has 0 bridgehead atoms. The minimum Gasteiger partial charge on any atom is -0.396 e. The van der Waals surface area contributed by atoms with Gasteiger partial charge in [-0.05, 0) is 31.5 Å². The Morgan fingerprint density at radius 3 is 3.06 bits per heavy atom. The third-order valence-corrected chi connectivity index (χ3v) is 3.26. The average molecular weight is 306 g/mol. The van der Waals surface area contributed by atoms with E-state index in [1.165, 1.54) is 0 Å². The van der Waals surface area contributed by atoms with E-state index in [4.69, 9.17) is 5.73 Å². The van der Waals surface area contributed by atoms with Crippen LogP contribution >= 0.6 is 15.9 Å². The molecule has 1 aromatic heterocycles. The van der Waals surface area contributed by atoms with Crippen molar-refractivity contribution in [2.45, 2.75) is 19.4 Å². The maximum Gasteiger partial charge on any atom is 0.0743 e. The summed E-state index contributed by atoms with van der Waals surface area (Å²) in [6, 6.07) is 6.26. The van der Waals surface area contributed by atoms with E-state index in [0.717, 1.165) is 27.5 Å². The minimum absolute atomic E-state index is 0.286. The lowest BCUT2D eigenvalue weighted by atomic mass is 10.1. The predicted octanol–water partition coefficient (Wildman–Crippen LogP) is 3.96. The smallest absolute Gasteiger partial charge is 0.0743 e. The Bertz CT molecular complexity index is 575. The Hall–Kier alpha value is -1.55. The molecule has 2 aromatic rings. The van der Waals surface area contributed by atoms with Gasteiger partial charge in [0.15, 0.2) is 0 Å². The highest BCUT2D eigenvalue weighted by Gasteiger charge is 2.09. The number of benzene rings is 1. The van der Waals surface area contributed by atoms with Gasteiger partial charge in [0.25, 0.3) is 0 Å². The van der Waals surface area contributed by atoms with Crippen molar-refractivity contribution in [2.75, 3.05) is 11.1 Å². The monoisotopic (exact) mass is 305 g/mol. The molecule has 18 heavy (non-hydrogen) atoms. The molecule has 0 spiro atoms. The summed E-state index contributed by atoms with van der Waals surface area (Å²) in [5, 5.41) is 4.45. The third-order valence-electron chi connectivity index (χ3n) is 2.77. The van der Waals surface area contributed by atoms with Crippen LogP contribution in [0.25, 0.3) is 10.9 Å². The minimum atomic E-state index is 0.286. The van der Waals surface area contributed by atoms with Gasteiger partial charge >= 0.3 is 0 Å². The van der Waals surface area contributed by atoms with Gasteiger partial charge in [0.05, 0.1) is 23.1 Å². The van der Waals surface area contributed by atoms with Crippen LogP contribution in [0.15, 0.2) is 41.5 Å². The number of aromatic nitrogens is 1. The number of fused-ring (bicyclic) bond motifs is 1. The molecule has 0 amide bonds. The van der Waals surface area contributed by atoms with Crippen LogP contribution in [0.4, 0.5) is 11.4 Å². The summed E-state index contributed by atoms with van der Waals surface area (Å²) in [7, 11) is 0. The first-order valence-corrected chi connectivity index (χ1v) is 6.62. The van der Waals surface area contributed by atoms with Gasteiger partial charge < -0.3 is 11.1 Å². The second-order valence-corrected chi connectivity index (χ2v) is 5.24. The number of nitrogens with zero attached hydrogens (tertiary/aromatic N) is 1. The van der Waals surface area contributed by atoms with Gasteiger partial charge in [-0.15, -0.1) is 6.58 Å². The fourth-order valence-electron chi connectivity index (χ4n) is 1.90. The van der Waals surface area contributed by atoms with Gasteiger partial charge in [0, 0.05) is 15.9 Å². The molecule has 0 radical (unpaired) electrons. The fourth-order valence-corrected chi connectivity index (χ4v) is 2.26. The van der Waals surface area contributed by atoms with E-state index < -0.39 is 0 Å². The lowest BCUT2D eigenvalue weighted by molar-refractivity contribution is 0.816. The second-order valence-electron chi connectivity index (χ2n) is 4.32. The number of nitrogen functional groups attached to an aromatic ring is 1. The maximum absolute atomic E-state index is 6.02. The van der Waals surface area contributed by atoms with Gasteiger partial charge in [-0.3, -0.25) is 4.98 Å². The van der Waals surface area contributed by atoms with Gasteiger partial charge in [-0.2, -0.15) is 0 Å². The van der Waals surface area contributed by atoms with Crippen molar-refractivity contribution in [3.05, 3.63) is 41.5 Å². The third kappa shape index (κ3) is 2.64. The standard InChI is InChI=1S/C14H16BrN3/c1-3-4-9(2)18-14-11-7-10(15)5-6-13(11)17-8-12(14)16/h3,5-9H,1,4,16H2,2H3,(H,17,18). The summed E-state index contributed by atoms with van der Waals surface area (Å²) in [5.74, 6) is 0. The number of hydrogen-bond donors (Lipinski definition) is 2. The van der Waals surface area contributed by atoms with Crippen LogP contribution in [0.2, 0.25) is 0 Å². The van der Waals surface area contributed by atoms with E-state index in [9.17, 15) is 0 Å². The van der Waals surface area contributed by atoms with Gasteiger partial charge in [0.1, 0.15) is 0 Å². The largest absolute Gasteiger partial charge is 0.396 e. The lowest BCUT2D eigenvalue weighted by Crippen LogP contribution is -2.15. The fraction of sp³-hybridized carbons (Fsp3) is 0.214. The zero-order chi connectivity index (χ0) is 13.1. The van der Waals surface area contributed by atoms with Crippen molar-refractivity contribution < 1.29 is 0 Å². The molecular weight excluding hydrogens is 290 g/mol. The summed E-state index contributed by atoms with van der Waals surface area (Å²) < 4.78 is 1.02. The highest BCUT2D eigenvalue weighted by molar-refractivity contribution is 9.10. The molecule has 0 saturated carbocycles. The van der Waals surface area contributed by atoms with Gasteiger partial charge in [-0.25, -0.2) is 0 Å². The van der Waals surface area contributed by atoms with E-state index in [0.29, 0.717) is 5.69 Å². The zero-order valence-corrected chi connectivity index (χ0v) is 11.9. The number of pyridine rings is 1. The number of nitrogens with two attached hydrogens (primary N) is 1. The molecule has 1 aromatic carbocycles. The highest BCUT2D eigenvalue weighted by atomic mass is 79.9. The van der Waals surface area contributed by atoms with Crippen molar-refractivity contribution in [2.24, 2.45) is 0 Å². The summed E-state index contributed by atoms with van der Waals surface area (Å²) in [6.07, 6.45) is 4.48. The van der Waals surface area contributed by atoms with Crippen LogP contribution < -0.4 is 11.1 Å². The first-order chi connectivity index (χ1) is 8.61. The molecule has 0 aliphatic rings. The van der Waals surface area contributed by atoms with Crippen LogP contribution in [0.1, 0.15) is 13.3 Å². The Morgan fingerprint density at radius 2 is 2.33 bits per heavy atom. The summed E-state index contributed by atoms with van der Waals surface area (Å²) in [5.41, 5.74) is 8.55. The molecule has 4 heteroatoms. The molecule has 94 valence electrons. The molecule has 0 aliphatic heterocycles. The van der Waals surface area contributed by atoms with Crippen molar-refractivity contribution >= 4 is 38.2 Å². The summed E-state index contributed by atoms with van der Waals surface area (Å²) in [4.78, 5) is 4.33. The zero-order valence-electron chi connectivity index (χ0n) is 10.3. The van der Waals surface area contributed by atoms with Crippen LogP contribution in [0, 0.1) is 0 Å². The molecule has 3 N–H and O–H groups in total. The molecule has 1 unspecified atom stereocenters. The number of halogens is 1. The SMILES string of the molecule is C=CCC(C)Nc1c(N)cnc2ccc(Br)cc12. The van der Waals surface area contributed by atoms with E-state index in [-0.39, 0.29) is 6.04 Å². The Balaban J connectivity index is 2.49. The predicted molar refractivity (Wildman–Crippen MR) is 81.8 cm³/mol. The lowest BCUT2D eigenvalue weighted by Gasteiger charge is -2.17. The number of hydrogen-bond acceptors (Lipinski definition) is 3. The number of rotatable bonds is 4. The summed E-state index contributed by atoms with van der Waals surface area (Å²) >= 11 is 3.48. The summed E-state index contributed by atoms with van der Waals surface area (Å²) in [6.45, 7) is 5.85. The van der Waals surface area contributed by atoms with Crippen LogP contribution in [0.5, 0.6) is 0 Å². The first kappa shape index (κ1) is 12.9. The van der Waals surface area contributed by atoms with Crippen molar-refractivity contribution in [1.29, 1.82) is 0 Å². The molecule has 1 heterocycles. The van der Waals surface area contributed by atoms with Gasteiger partial charge in [0.2, 0.25) is 0 Å². The highest BCUT2D eigenvalue weighted by Crippen LogP contribution is 2.30. The molecule has 0 aliphatic carbocycles. The van der Waals surface area contributed by atoms with E-state index in [2.05, 4.69) is 39.7 Å².